The predicted octanol–water partition coefficient (Wildman–Crippen LogP) is 0.912. The Morgan fingerprint density at radius 1 is 1.35 bits per heavy atom. The number of halogens is 1. The van der Waals surface area contributed by atoms with Crippen molar-refractivity contribution in [3.63, 3.8) is 0 Å². The second kappa shape index (κ2) is 6.16. The molecule has 0 aliphatic carbocycles. The Balaban J connectivity index is 2.42. The summed E-state index contributed by atoms with van der Waals surface area (Å²) in [6, 6.07) is 0. The third-order valence-electron chi connectivity index (χ3n) is 3.42. The van der Waals surface area contributed by atoms with E-state index in [4.69, 9.17) is 0 Å². The lowest BCUT2D eigenvalue weighted by atomic mass is 10.0. The Hall–Kier alpha value is -0.130. The van der Waals surface area contributed by atoms with Crippen molar-refractivity contribution in [2.75, 3.05) is 39.8 Å². The van der Waals surface area contributed by atoms with E-state index in [2.05, 4.69) is 51.9 Å². The molecule has 1 unspecified atom stereocenters. The summed E-state index contributed by atoms with van der Waals surface area (Å²) in [4.78, 5) is 16.2. The Labute approximate surface area is 113 Å². The van der Waals surface area contributed by atoms with Gasteiger partial charge in [0.25, 0.3) is 0 Å². The first-order valence-corrected chi connectivity index (χ1v) is 7.10. The second-order valence-corrected chi connectivity index (χ2v) is 6.81. The predicted molar refractivity (Wildman–Crippen MR) is 74.5 cm³/mol. The van der Waals surface area contributed by atoms with Gasteiger partial charge in [-0.2, -0.15) is 0 Å². The quantitative estimate of drug-likeness (QED) is 0.784. The fraction of sp³-hybridized carbons (Fsp3) is 0.917. The van der Waals surface area contributed by atoms with Gasteiger partial charge < -0.3 is 10.2 Å². The number of nitrogens with one attached hydrogen (secondary N) is 1. The van der Waals surface area contributed by atoms with Crippen LogP contribution in [0.5, 0.6) is 0 Å². The van der Waals surface area contributed by atoms with E-state index in [0.29, 0.717) is 6.54 Å². The van der Waals surface area contributed by atoms with Gasteiger partial charge in [-0.25, -0.2) is 0 Å². The number of carbonyl (C=O) groups excluding carboxylic acids is 1. The molecule has 0 bridgehead atoms. The molecule has 1 fully saturated rings. The first-order chi connectivity index (χ1) is 7.83. The molecule has 1 heterocycles. The van der Waals surface area contributed by atoms with Crippen LogP contribution in [0, 0.1) is 0 Å². The van der Waals surface area contributed by atoms with Crippen molar-refractivity contribution in [2.24, 2.45) is 0 Å². The van der Waals surface area contributed by atoms with Crippen LogP contribution in [0.1, 0.15) is 20.8 Å². The third-order valence-corrected chi connectivity index (χ3v) is 3.83. The number of amides is 1. The first kappa shape index (κ1) is 14.9. The zero-order valence-corrected chi connectivity index (χ0v) is 12.9. The largest absolute Gasteiger partial charge is 0.353 e. The van der Waals surface area contributed by atoms with Crippen LogP contribution >= 0.6 is 15.9 Å². The topological polar surface area (TPSA) is 35.6 Å². The molecule has 1 saturated heterocycles. The molecule has 0 saturated carbocycles. The van der Waals surface area contributed by atoms with Gasteiger partial charge >= 0.3 is 0 Å². The highest BCUT2D eigenvalue weighted by molar-refractivity contribution is 9.10. The summed E-state index contributed by atoms with van der Waals surface area (Å²) in [5.41, 5.74) is 0.0266. The van der Waals surface area contributed by atoms with Gasteiger partial charge in [0, 0.05) is 38.3 Å². The lowest BCUT2D eigenvalue weighted by molar-refractivity contribution is -0.120. The fourth-order valence-electron chi connectivity index (χ4n) is 1.97. The van der Waals surface area contributed by atoms with E-state index >= 15 is 0 Å². The van der Waals surface area contributed by atoms with Crippen LogP contribution in [0.3, 0.4) is 0 Å². The van der Waals surface area contributed by atoms with Gasteiger partial charge in [0.2, 0.25) is 5.91 Å². The highest BCUT2D eigenvalue weighted by atomic mass is 79.9. The lowest BCUT2D eigenvalue weighted by Gasteiger charge is -2.43. The van der Waals surface area contributed by atoms with Crippen LogP contribution in [-0.2, 0) is 4.79 Å². The maximum Gasteiger partial charge on any atom is 0.233 e. The van der Waals surface area contributed by atoms with Crippen molar-refractivity contribution in [3.05, 3.63) is 0 Å². The number of hydrogen-bond donors (Lipinski definition) is 1. The van der Waals surface area contributed by atoms with Crippen molar-refractivity contribution in [1.29, 1.82) is 0 Å². The summed E-state index contributed by atoms with van der Waals surface area (Å²) in [5.74, 6) is 0.0622. The molecule has 0 radical (unpaired) electrons. The maximum atomic E-state index is 11.5. The van der Waals surface area contributed by atoms with Gasteiger partial charge in [0.05, 0.1) is 4.83 Å². The standard InChI is InChI=1S/C12H24BrN3O/c1-10(13)11(17)14-9-12(2,3)16-7-5-15(4)6-8-16/h10H,5-9H2,1-4H3,(H,14,17). The zero-order valence-electron chi connectivity index (χ0n) is 11.3. The molecule has 0 aromatic carbocycles. The van der Waals surface area contributed by atoms with Gasteiger partial charge in [-0.05, 0) is 27.8 Å². The van der Waals surface area contributed by atoms with Crippen LogP contribution in [-0.4, -0.2) is 65.8 Å². The van der Waals surface area contributed by atoms with Crippen LogP contribution < -0.4 is 5.32 Å². The molecule has 17 heavy (non-hydrogen) atoms. The SMILES string of the molecule is CC(Br)C(=O)NCC(C)(C)N1CCN(C)CC1. The van der Waals surface area contributed by atoms with Gasteiger partial charge in [-0.3, -0.25) is 9.69 Å². The molecule has 100 valence electrons. The number of piperazine rings is 1. The van der Waals surface area contributed by atoms with Gasteiger partial charge in [0.1, 0.15) is 0 Å². The van der Waals surface area contributed by atoms with Crippen molar-refractivity contribution < 1.29 is 4.79 Å². The molecule has 1 atom stereocenters. The number of likely N-dealkylation sites (N-methyl/N-ethyl adjacent to an activating group) is 1. The van der Waals surface area contributed by atoms with Gasteiger partial charge in [0.15, 0.2) is 0 Å². The van der Waals surface area contributed by atoms with Crippen LogP contribution in [0.15, 0.2) is 0 Å². The molecule has 1 rings (SSSR count). The number of rotatable bonds is 4. The molecule has 1 amide bonds. The summed E-state index contributed by atoms with van der Waals surface area (Å²) in [5, 5.41) is 2.99. The second-order valence-electron chi connectivity index (χ2n) is 5.44. The van der Waals surface area contributed by atoms with Crippen molar-refractivity contribution in [1.82, 2.24) is 15.1 Å². The highest BCUT2D eigenvalue weighted by Gasteiger charge is 2.29. The van der Waals surface area contributed by atoms with Crippen LogP contribution in [0.25, 0.3) is 0 Å². The molecule has 4 nitrogen and oxygen atoms in total. The summed E-state index contributed by atoms with van der Waals surface area (Å²) in [6.45, 7) is 11.3. The summed E-state index contributed by atoms with van der Waals surface area (Å²) >= 11 is 3.28. The molecule has 0 spiro atoms. The molecule has 0 aromatic heterocycles. The Morgan fingerprint density at radius 3 is 2.35 bits per heavy atom. The smallest absolute Gasteiger partial charge is 0.233 e. The van der Waals surface area contributed by atoms with E-state index in [1.54, 1.807) is 0 Å². The van der Waals surface area contributed by atoms with E-state index in [0.717, 1.165) is 26.2 Å². The van der Waals surface area contributed by atoms with E-state index in [9.17, 15) is 4.79 Å². The van der Waals surface area contributed by atoms with Crippen molar-refractivity contribution in [2.45, 2.75) is 31.1 Å². The van der Waals surface area contributed by atoms with Crippen molar-refractivity contribution in [3.8, 4) is 0 Å². The fourth-order valence-corrected chi connectivity index (χ4v) is 2.13. The normalized spacial score (nSPS) is 21.2. The molecule has 1 N–H and O–H groups in total. The Kier molecular flexibility index (Phi) is 5.41. The Morgan fingerprint density at radius 2 is 1.88 bits per heavy atom. The summed E-state index contributed by atoms with van der Waals surface area (Å²) in [6.07, 6.45) is 0. The molecule has 5 heteroatoms. The minimum Gasteiger partial charge on any atom is -0.353 e. The van der Waals surface area contributed by atoms with E-state index in [1.165, 1.54) is 0 Å². The number of nitrogens with zero attached hydrogens (tertiary/aromatic N) is 2. The molecule has 1 aliphatic heterocycles. The molecule has 1 aliphatic rings. The van der Waals surface area contributed by atoms with Crippen LogP contribution in [0.4, 0.5) is 0 Å². The summed E-state index contributed by atoms with van der Waals surface area (Å²) < 4.78 is 0. The zero-order chi connectivity index (χ0) is 13.1. The first-order valence-electron chi connectivity index (χ1n) is 6.18. The van der Waals surface area contributed by atoms with Gasteiger partial charge in [-0.1, -0.05) is 15.9 Å². The lowest BCUT2D eigenvalue weighted by Crippen LogP contribution is -2.58. The minimum absolute atomic E-state index is 0.0266. The average Bonchev–Trinajstić information content (AvgIpc) is 2.26. The third kappa shape index (κ3) is 4.56. The highest BCUT2D eigenvalue weighted by Crippen LogP contribution is 2.15. The number of alkyl halides is 1. The van der Waals surface area contributed by atoms with E-state index < -0.39 is 0 Å². The van der Waals surface area contributed by atoms with Crippen LogP contribution in [0.2, 0.25) is 0 Å². The molecular formula is C12H24BrN3O. The van der Waals surface area contributed by atoms with E-state index in [1.807, 2.05) is 6.92 Å². The van der Waals surface area contributed by atoms with Crippen molar-refractivity contribution >= 4 is 21.8 Å². The number of carbonyl (C=O) groups is 1. The number of hydrogen-bond acceptors (Lipinski definition) is 3. The van der Waals surface area contributed by atoms with Gasteiger partial charge in [-0.15, -0.1) is 0 Å². The molecule has 0 aromatic rings. The molecular weight excluding hydrogens is 282 g/mol. The average molecular weight is 306 g/mol. The summed E-state index contributed by atoms with van der Waals surface area (Å²) in [7, 11) is 2.15. The maximum absolute atomic E-state index is 11.5. The Bertz CT molecular complexity index is 260. The van der Waals surface area contributed by atoms with E-state index in [-0.39, 0.29) is 16.3 Å². The minimum atomic E-state index is -0.120. The monoisotopic (exact) mass is 305 g/mol.